The molecule has 94 heavy (non-hydrogen) atoms. The molecule has 0 bridgehead atoms. The fourth-order valence-electron chi connectivity index (χ4n) is 9.85. The maximum absolute atomic E-state index is 14.4. The molecule has 0 saturated carbocycles. The Balaban J connectivity index is 1.63. The summed E-state index contributed by atoms with van der Waals surface area (Å²) in [6, 6.07) is -11.4. The largest absolute Gasteiger partial charge is 0.504 e. The molecule has 3 heterocycles. The highest BCUT2D eigenvalue weighted by atomic mass is 16.5. The third-order valence-electron chi connectivity index (χ3n) is 14.8. The number of pyridine rings is 1. The molecule has 13 amide bonds. The van der Waals surface area contributed by atoms with Gasteiger partial charge in [0.05, 0.1) is 32.0 Å². The zero-order chi connectivity index (χ0) is 69.9. The first kappa shape index (κ1) is 76.6. The first-order valence-electron chi connectivity index (χ1n) is 30.0. The smallest absolute Gasteiger partial charge is 0.299 e. The number of hydrogen-bond donors (Lipinski definition) is 22. The minimum absolute atomic E-state index is 0.0151. The number of hydroxylamine groups is 4. The number of phenolic OH excluding ortho intramolecular Hbond substituents is 2. The number of hydrogen-bond acceptors (Lipinski definition) is 23. The highest BCUT2D eigenvalue weighted by molar-refractivity contribution is 6.00. The molecule has 2 unspecified atom stereocenters. The van der Waals surface area contributed by atoms with Crippen molar-refractivity contribution in [2.75, 3.05) is 56.6 Å². The average Bonchev–Trinajstić information content (AvgIpc) is 0.751. The van der Waals surface area contributed by atoms with Crippen molar-refractivity contribution >= 4 is 106 Å². The van der Waals surface area contributed by atoms with Crippen LogP contribution >= 0.6 is 0 Å². The number of nitrogens with two attached hydrogens (primary N) is 3. The molecular weight excluding hydrogens is 1250 g/mol. The quantitative estimate of drug-likeness (QED) is 0.00473. The molecule has 1 fully saturated rings. The predicted molar refractivity (Wildman–Crippen MR) is 324 cm³/mol. The number of benzene rings is 1. The van der Waals surface area contributed by atoms with E-state index in [2.05, 4.69) is 63.5 Å². The molecule has 0 aliphatic carbocycles. The van der Waals surface area contributed by atoms with Crippen LogP contribution in [0.5, 0.6) is 11.5 Å². The maximum Gasteiger partial charge on any atom is 0.299 e. The minimum atomic E-state index is -1.96. The summed E-state index contributed by atoms with van der Waals surface area (Å²) >= 11 is 0. The Morgan fingerprint density at radius 1 is 0.670 bits per heavy atom. The van der Waals surface area contributed by atoms with Crippen LogP contribution < -0.4 is 80.3 Å². The van der Waals surface area contributed by atoms with E-state index in [-0.39, 0.29) is 148 Å². The van der Waals surface area contributed by atoms with Crippen LogP contribution in [-0.4, -0.2) is 241 Å². The summed E-state index contributed by atoms with van der Waals surface area (Å²) in [6.07, 6.45) is -5.37. The van der Waals surface area contributed by atoms with Crippen LogP contribution in [0.1, 0.15) is 96.9 Å². The number of guanidine groups is 1. The standard InChI is InChI=1S/C55H84N18O21/c1-27(78)43-53(91)60-15-4-3-8-30(46(84)64-33(11-7-19-72(94)26-77)49(87)69-44(28(2)79)54(92)70-43)63-47(85)32(10-6-18-71(93)25-76)66-50(88)35(23-74)67-48(86)31(9-5-16-61-55(57)58)65-51(89)36(24-75)68-52(90)37-14-17-59-45-34(62-42(83)13-12-41(56)82)20-29-21-39(80)40(81)22-38(29)73(37)45/h20-22,25-28,30-33,35-37,43-44,74-75,78-79,93-94H,3-19,23-24H2,1-2H3,(H18,56,57,58,59,60,61,62,63,64,65,66,67,68,69,70,80,81,82,83,84,85,86,87,88,89,90,91,92)/p+1/t27?,28?,30-,31-,32-,33-,35-,36-,37-,43-,44-/m0/s1. The molecule has 2 aliphatic heterocycles. The van der Waals surface area contributed by atoms with E-state index < -0.39 is 169 Å². The maximum atomic E-state index is 14.4. The minimum Gasteiger partial charge on any atom is -0.504 e. The van der Waals surface area contributed by atoms with Crippen molar-refractivity contribution in [3.8, 4) is 11.5 Å². The number of rotatable bonds is 32. The molecule has 39 nitrogen and oxygen atoms in total. The lowest BCUT2D eigenvalue weighted by atomic mass is 10.0. The van der Waals surface area contributed by atoms with Gasteiger partial charge in [-0.25, -0.2) is 14.7 Å². The Morgan fingerprint density at radius 3 is 1.84 bits per heavy atom. The number of phenols is 2. The summed E-state index contributed by atoms with van der Waals surface area (Å²) in [5.41, 5.74) is 16.4. The van der Waals surface area contributed by atoms with Gasteiger partial charge < -0.3 is 101 Å². The molecule has 0 radical (unpaired) electrons. The van der Waals surface area contributed by atoms with Gasteiger partial charge in [0.15, 0.2) is 23.5 Å². The van der Waals surface area contributed by atoms with Crippen LogP contribution in [0.3, 0.4) is 0 Å². The number of aliphatic imine (C=N–C) groups is 1. The van der Waals surface area contributed by atoms with Gasteiger partial charge in [-0.2, -0.15) is 0 Å². The Morgan fingerprint density at radius 2 is 1.23 bits per heavy atom. The van der Waals surface area contributed by atoms with Crippen LogP contribution in [0.25, 0.3) is 10.9 Å². The number of aliphatic hydroxyl groups is 4. The monoisotopic (exact) mass is 1330 g/mol. The Bertz CT molecular complexity index is 3080. The zero-order valence-electron chi connectivity index (χ0n) is 51.6. The summed E-state index contributed by atoms with van der Waals surface area (Å²) in [4.78, 5) is 177. The number of nitrogens with one attached hydrogen (secondary N) is 11. The van der Waals surface area contributed by atoms with Crippen LogP contribution in [0.4, 0.5) is 11.5 Å². The number of anilines is 2. The van der Waals surface area contributed by atoms with E-state index in [0.717, 1.165) is 19.1 Å². The van der Waals surface area contributed by atoms with E-state index in [9.17, 15) is 103 Å². The lowest BCUT2D eigenvalue weighted by Gasteiger charge is -2.29. The number of aromatic hydroxyl groups is 2. The molecule has 11 atom stereocenters. The van der Waals surface area contributed by atoms with Gasteiger partial charge in [-0.05, 0) is 83.8 Å². The highest BCUT2D eigenvalue weighted by Gasteiger charge is 2.40. The molecule has 1 saturated heterocycles. The number of carbonyl (C=O) groups excluding carboxylic acids is 13. The highest BCUT2D eigenvalue weighted by Crippen LogP contribution is 2.35. The summed E-state index contributed by atoms with van der Waals surface area (Å²) in [6.45, 7) is -0.920. The lowest BCUT2D eigenvalue weighted by molar-refractivity contribution is -0.674. The normalized spacial score (nSPS) is 19.7. The van der Waals surface area contributed by atoms with Gasteiger partial charge in [0.2, 0.25) is 71.9 Å². The molecule has 1 aromatic carbocycles. The summed E-state index contributed by atoms with van der Waals surface area (Å²) in [5, 5.41) is 111. The average molecular weight is 1330 g/mol. The Hall–Kier alpha value is -9.83. The molecule has 39 heteroatoms. The van der Waals surface area contributed by atoms with E-state index in [0.29, 0.717) is 0 Å². The van der Waals surface area contributed by atoms with Gasteiger partial charge in [-0.15, -0.1) is 0 Å². The molecule has 0 spiro atoms. The topological polar surface area (TPSA) is 617 Å². The second-order valence-corrected chi connectivity index (χ2v) is 22.2. The number of primary amides is 1. The van der Waals surface area contributed by atoms with Gasteiger partial charge in [0.25, 0.3) is 11.7 Å². The predicted octanol–water partition coefficient (Wildman–Crippen LogP) is -8.67. The van der Waals surface area contributed by atoms with Crippen molar-refractivity contribution in [1.82, 2.24) is 58.0 Å². The molecule has 1 aromatic heterocycles. The molecule has 520 valence electrons. The van der Waals surface area contributed by atoms with Gasteiger partial charge in [-0.1, -0.05) is 0 Å². The first-order chi connectivity index (χ1) is 44.5. The first-order valence-corrected chi connectivity index (χ1v) is 30.0. The number of nitrogens with zero attached hydrogens (tertiary/aromatic N) is 4. The molecule has 2 aliphatic rings. The fourth-order valence-corrected chi connectivity index (χ4v) is 9.85. The third-order valence-corrected chi connectivity index (χ3v) is 14.8. The van der Waals surface area contributed by atoms with Crippen molar-refractivity contribution in [1.29, 1.82) is 0 Å². The van der Waals surface area contributed by atoms with Crippen molar-refractivity contribution in [3.05, 3.63) is 18.2 Å². The second-order valence-electron chi connectivity index (χ2n) is 22.2. The van der Waals surface area contributed by atoms with Gasteiger partial charge >= 0.3 is 0 Å². The van der Waals surface area contributed by atoms with Crippen molar-refractivity contribution in [2.45, 2.75) is 157 Å². The van der Waals surface area contributed by atoms with Crippen LogP contribution in [0.2, 0.25) is 0 Å². The summed E-state index contributed by atoms with van der Waals surface area (Å²) < 4.78 is 1.36. The molecular formula is C55H85N18O21+. The Kier molecular flexibility index (Phi) is 30.7. The van der Waals surface area contributed by atoms with Crippen molar-refractivity contribution in [2.24, 2.45) is 22.2 Å². The van der Waals surface area contributed by atoms with E-state index >= 15 is 0 Å². The van der Waals surface area contributed by atoms with Crippen molar-refractivity contribution < 1.29 is 108 Å². The molecule has 2 aromatic rings. The third kappa shape index (κ3) is 23.4. The summed E-state index contributed by atoms with van der Waals surface area (Å²) in [5.74, 6) is -12.6. The number of aromatic nitrogens is 1. The van der Waals surface area contributed by atoms with E-state index in [4.69, 9.17) is 17.2 Å². The number of aliphatic hydroxyl groups excluding tert-OH is 4. The number of amides is 13. The molecule has 4 rings (SSSR count). The van der Waals surface area contributed by atoms with Gasteiger partial charge in [0.1, 0.15) is 59.5 Å². The van der Waals surface area contributed by atoms with Crippen LogP contribution in [0, 0.1) is 0 Å². The number of fused-ring (bicyclic) bond motifs is 3. The summed E-state index contributed by atoms with van der Waals surface area (Å²) in [7, 11) is 0. The van der Waals surface area contributed by atoms with Gasteiger partial charge in [-0.3, -0.25) is 83.1 Å². The molecule has 25 N–H and O–H groups in total. The zero-order valence-corrected chi connectivity index (χ0v) is 51.6. The van der Waals surface area contributed by atoms with Crippen molar-refractivity contribution in [3.63, 3.8) is 0 Å². The van der Waals surface area contributed by atoms with Crippen LogP contribution in [0.15, 0.2) is 23.2 Å². The SMILES string of the molecule is CC(O)[C@@H]1NC(=O)[C@H](CCCN(O)C=O)NC(=O)[C@@H](NC(=O)[C@H](CCCN(O)C=O)NC(=O)[C@H](CO)NC(=O)[C@H](CCCN=C(N)N)NC(=O)[C@H](CO)NC(=O)[C@@H]2CCNc3c(NC(=O)CCC(N)=O)cc4cc(O)c(O)cc4[n+]32)CCCCNC(=O)[C@H](C(C)O)NC1=O. The van der Waals surface area contributed by atoms with E-state index in [1.54, 1.807) is 0 Å². The fraction of sp³-hybridized carbons (Fsp3) is 0.582. The van der Waals surface area contributed by atoms with E-state index in [1.165, 1.54) is 17.6 Å². The number of carbonyl (C=O) groups is 13. The Labute approximate surface area is 536 Å². The van der Waals surface area contributed by atoms with E-state index in [1.807, 2.05) is 0 Å². The second kappa shape index (κ2) is 37.6. The van der Waals surface area contributed by atoms with Gasteiger partial charge in [0, 0.05) is 56.9 Å². The lowest BCUT2D eigenvalue weighted by Crippen LogP contribution is -2.62. The van der Waals surface area contributed by atoms with Crippen LogP contribution in [-0.2, 0) is 62.3 Å².